The van der Waals surface area contributed by atoms with Crippen LogP contribution in [-0.2, 0) is 9.59 Å². The largest absolute Gasteiger partial charge is 0.353 e. The molecule has 3 rings (SSSR count). The number of likely N-dealkylation sites (tertiary alicyclic amines) is 1. The first-order chi connectivity index (χ1) is 13.1. The lowest BCUT2D eigenvalue weighted by molar-refractivity contribution is -0.144. The van der Waals surface area contributed by atoms with E-state index in [1.54, 1.807) is 6.20 Å². The molecule has 2 amide bonds. The molecule has 1 aromatic heterocycles. The molecule has 1 saturated heterocycles. The van der Waals surface area contributed by atoms with Crippen LogP contribution in [0.25, 0.3) is 0 Å². The lowest BCUT2D eigenvalue weighted by Gasteiger charge is -2.42. The van der Waals surface area contributed by atoms with Crippen LogP contribution < -0.4 is 5.32 Å². The van der Waals surface area contributed by atoms with Gasteiger partial charge in [0.25, 0.3) is 0 Å². The summed E-state index contributed by atoms with van der Waals surface area (Å²) in [5.41, 5.74) is 0.965. The van der Waals surface area contributed by atoms with Crippen molar-refractivity contribution in [3.63, 3.8) is 0 Å². The van der Waals surface area contributed by atoms with Gasteiger partial charge in [-0.15, -0.1) is 0 Å². The molecule has 2 aliphatic rings. The summed E-state index contributed by atoms with van der Waals surface area (Å²) in [6.45, 7) is 4.90. The molecule has 2 fully saturated rings. The van der Waals surface area contributed by atoms with Crippen molar-refractivity contribution in [2.24, 2.45) is 11.8 Å². The Bertz CT molecular complexity index is 624. The summed E-state index contributed by atoms with van der Waals surface area (Å²) in [6.07, 6.45) is 11.7. The number of rotatable bonds is 5. The number of piperidine rings is 1. The molecule has 0 spiro atoms. The normalized spacial score (nSPS) is 24.7. The smallest absolute Gasteiger partial charge is 0.225 e. The minimum Gasteiger partial charge on any atom is -0.353 e. The molecule has 1 saturated carbocycles. The van der Waals surface area contributed by atoms with Crippen molar-refractivity contribution in [1.82, 2.24) is 15.2 Å². The first kappa shape index (κ1) is 19.8. The van der Waals surface area contributed by atoms with E-state index in [4.69, 9.17) is 0 Å². The predicted octanol–water partition coefficient (Wildman–Crippen LogP) is 3.86. The van der Waals surface area contributed by atoms with E-state index in [-0.39, 0.29) is 29.8 Å². The zero-order valence-electron chi connectivity index (χ0n) is 16.7. The molecule has 5 nitrogen and oxygen atoms in total. The van der Waals surface area contributed by atoms with Gasteiger partial charge in [0.2, 0.25) is 11.8 Å². The third-order valence-electron chi connectivity index (χ3n) is 5.83. The van der Waals surface area contributed by atoms with Crippen LogP contribution in [0.2, 0.25) is 0 Å². The van der Waals surface area contributed by atoms with Crippen molar-refractivity contribution in [2.45, 2.75) is 77.3 Å². The Kier molecular flexibility index (Phi) is 6.86. The minimum absolute atomic E-state index is 0.108. The van der Waals surface area contributed by atoms with Gasteiger partial charge in [-0.3, -0.25) is 14.6 Å². The standard InChI is InChI=1S/C22H33N3O2/c1-16(2)15-25-20(26)12-11-19(21(25)17-8-7-13-23-14-17)22(27)24-18-9-5-3-4-6-10-18/h7-8,13-14,16,18-19,21H,3-6,9-12,15H2,1-2H3,(H,24,27)/t19-,21+/m1/s1. The number of carbonyl (C=O) groups is 2. The van der Waals surface area contributed by atoms with Crippen LogP contribution in [0.3, 0.4) is 0 Å². The average Bonchev–Trinajstić information content (AvgIpc) is 2.92. The highest BCUT2D eigenvalue weighted by Gasteiger charge is 2.41. The highest BCUT2D eigenvalue weighted by atomic mass is 16.2. The molecule has 1 aliphatic carbocycles. The third-order valence-corrected chi connectivity index (χ3v) is 5.83. The van der Waals surface area contributed by atoms with Crippen LogP contribution in [-0.4, -0.2) is 34.3 Å². The van der Waals surface area contributed by atoms with E-state index in [1.165, 1.54) is 25.7 Å². The lowest BCUT2D eigenvalue weighted by Crippen LogP contribution is -2.50. The summed E-state index contributed by atoms with van der Waals surface area (Å²) in [5.74, 6) is 0.416. The number of nitrogens with zero attached hydrogens (tertiary/aromatic N) is 2. The highest BCUT2D eigenvalue weighted by molar-refractivity contribution is 5.85. The van der Waals surface area contributed by atoms with Crippen LogP contribution in [0.15, 0.2) is 24.5 Å². The van der Waals surface area contributed by atoms with Gasteiger partial charge in [0.1, 0.15) is 0 Å². The number of carbonyl (C=O) groups excluding carboxylic acids is 2. The van der Waals surface area contributed by atoms with Crippen LogP contribution >= 0.6 is 0 Å². The highest BCUT2D eigenvalue weighted by Crippen LogP contribution is 2.37. The van der Waals surface area contributed by atoms with Crippen LogP contribution in [0.4, 0.5) is 0 Å². The Morgan fingerprint density at radius 3 is 2.59 bits per heavy atom. The molecule has 2 atom stereocenters. The number of hydrogen-bond acceptors (Lipinski definition) is 3. The van der Waals surface area contributed by atoms with Gasteiger partial charge in [-0.25, -0.2) is 0 Å². The summed E-state index contributed by atoms with van der Waals surface area (Å²) >= 11 is 0. The first-order valence-corrected chi connectivity index (χ1v) is 10.6. The molecule has 2 heterocycles. The van der Waals surface area contributed by atoms with Crippen LogP contribution in [0.5, 0.6) is 0 Å². The van der Waals surface area contributed by atoms with E-state index in [9.17, 15) is 9.59 Å². The molecule has 1 aromatic rings. The van der Waals surface area contributed by atoms with E-state index >= 15 is 0 Å². The molecule has 148 valence electrons. The summed E-state index contributed by atoms with van der Waals surface area (Å²) in [4.78, 5) is 32.1. The Balaban J connectivity index is 1.82. The monoisotopic (exact) mass is 371 g/mol. The molecular weight excluding hydrogens is 338 g/mol. The van der Waals surface area contributed by atoms with Crippen molar-refractivity contribution in [2.75, 3.05) is 6.54 Å². The Hall–Kier alpha value is -1.91. The van der Waals surface area contributed by atoms with E-state index < -0.39 is 0 Å². The molecule has 27 heavy (non-hydrogen) atoms. The van der Waals surface area contributed by atoms with E-state index in [0.29, 0.717) is 25.3 Å². The average molecular weight is 372 g/mol. The molecule has 5 heteroatoms. The summed E-state index contributed by atoms with van der Waals surface area (Å²) in [7, 11) is 0. The number of hydrogen-bond donors (Lipinski definition) is 1. The Morgan fingerprint density at radius 1 is 1.22 bits per heavy atom. The second-order valence-corrected chi connectivity index (χ2v) is 8.51. The Labute approximate surface area is 162 Å². The summed E-state index contributed by atoms with van der Waals surface area (Å²) < 4.78 is 0. The fourth-order valence-electron chi connectivity index (χ4n) is 4.53. The fourth-order valence-corrected chi connectivity index (χ4v) is 4.53. The second-order valence-electron chi connectivity index (χ2n) is 8.51. The molecule has 0 radical (unpaired) electrons. The van der Waals surface area contributed by atoms with Crippen molar-refractivity contribution in [1.29, 1.82) is 0 Å². The van der Waals surface area contributed by atoms with E-state index in [1.807, 2.05) is 23.2 Å². The third kappa shape index (κ3) is 5.08. The van der Waals surface area contributed by atoms with Gasteiger partial charge in [0, 0.05) is 31.4 Å². The first-order valence-electron chi connectivity index (χ1n) is 10.6. The lowest BCUT2D eigenvalue weighted by atomic mass is 9.83. The topological polar surface area (TPSA) is 62.3 Å². The molecule has 0 unspecified atom stereocenters. The molecular formula is C22H33N3O2. The van der Waals surface area contributed by atoms with Gasteiger partial charge in [-0.1, -0.05) is 45.6 Å². The van der Waals surface area contributed by atoms with Gasteiger partial charge < -0.3 is 10.2 Å². The molecule has 0 bridgehead atoms. The number of nitrogens with one attached hydrogen (secondary N) is 1. The number of pyridine rings is 1. The van der Waals surface area contributed by atoms with E-state index in [2.05, 4.69) is 24.1 Å². The zero-order valence-corrected chi connectivity index (χ0v) is 16.7. The molecule has 1 N–H and O–H groups in total. The molecule has 0 aromatic carbocycles. The van der Waals surface area contributed by atoms with Gasteiger partial charge in [0.05, 0.1) is 12.0 Å². The fraction of sp³-hybridized carbons (Fsp3) is 0.682. The maximum Gasteiger partial charge on any atom is 0.225 e. The quantitative estimate of drug-likeness (QED) is 0.800. The molecule has 1 aliphatic heterocycles. The SMILES string of the molecule is CC(C)CN1C(=O)CC[C@@H](C(=O)NC2CCCCCC2)[C@@H]1c1cccnc1. The maximum absolute atomic E-state index is 13.2. The van der Waals surface area contributed by atoms with E-state index in [0.717, 1.165) is 18.4 Å². The van der Waals surface area contributed by atoms with Gasteiger partial charge in [-0.05, 0) is 36.8 Å². The number of aromatic nitrogens is 1. The van der Waals surface area contributed by atoms with Crippen molar-refractivity contribution in [3.8, 4) is 0 Å². The van der Waals surface area contributed by atoms with Crippen LogP contribution in [0, 0.1) is 11.8 Å². The van der Waals surface area contributed by atoms with Crippen LogP contribution in [0.1, 0.15) is 76.8 Å². The number of amides is 2. The predicted molar refractivity (Wildman–Crippen MR) is 106 cm³/mol. The second kappa shape index (κ2) is 9.34. The zero-order chi connectivity index (χ0) is 19.2. The maximum atomic E-state index is 13.2. The van der Waals surface area contributed by atoms with Crippen molar-refractivity contribution >= 4 is 11.8 Å². The summed E-state index contributed by atoms with van der Waals surface area (Å²) in [6, 6.07) is 3.96. The Morgan fingerprint density at radius 2 is 1.96 bits per heavy atom. The van der Waals surface area contributed by atoms with Crippen molar-refractivity contribution in [3.05, 3.63) is 30.1 Å². The minimum atomic E-state index is -0.215. The van der Waals surface area contributed by atoms with Gasteiger partial charge in [-0.2, -0.15) is 0 Å². The van der Waals surface area contributed by atoms with Crippen molar-refractivity contribution < 1.29 is 9.59 Å². The van der Waals surface area contributed by atoms with Gasteiger partial charge in [0.15, 0.2) is 0 Å². The van der Waals surface area contributed by atoms with Gasteiger partial charge >= 0.3 is 0 Å². The summed E-state index contributed by atoms with van der Waals surface area (Å²) in [5, 5.41) is 3.32.